The largest absolute Gasteiger partial charge is 0.492 e. The van der Waals surface area contributed by atoms with Crippen LogP contribution < -0.4 is 24.8 Å². The van der Waals surface area contributed by atoms with E-state index in [2.05, 4.69) is 48.1 Å². The Morgan fingerprint density at radius 3 is 2.00 bits per heavy atom. The molecule has 50 heavy (non-hydrogen) atoms. The van der Waals surface area contributed by atoms with Gasteiger partial charge in [0, 0.05) is 25.6 Å². The Bertz CT molecular complexity index is 1420. The van der Waals surface area contributed by atoms with Crippen molar-refractivity contribution in [3.8, 4) is 17.2 Å². The molecule has 10 nitrogen and oxygen atoms in total. The zero-order valence-electron chi connectivity index (χ0n) is 31.1. The van der Waals surface area contributed by atoms with Gasteiger partial charge in [-0.05, 0) is 88.8 Å². The molecule has 2 N–H and O–H groups in total. The van der Waals surface area contributed by atoms with Gasteiger partial charge in [-0.3, -0.25) is 4.79 Å². The number of ether oxygens (including phenoxy) is 4. The highest BCUT2D eigenvalue weighted by Crippen LogP contribution is 2.30. The maximum absolute atomic E-state index is 13.9. The lowest BCUT2D eigenvalue weighted by Crippen LogP contribution is -2.47. The Labute approximate surface area is 299 Å². The number of hydrogen-bond acceptors (Lipinski definition) is 8. The number of nitrogens with zero attached hydrogens (tertiary/aromatic N) is 2. The van der Waals surface area contributed by atoms with Gasteiger partial charge in [0.2, 0.25) is 5.91 Å². The van der Waals surface area contributed by atoms with E-state index in [4.69, 9.17) is 18.9 Å². The fourth-order valence-corrected chi connectivity index (χ4v) is 5.23. The fourth-order valence-electron chi connectivity index (χ4n) is 5.23. The van der Waals surface area contributed by atoms with E-state index in [0.717, 1.165) is 56.8 Å². The standard InChI is InChI=1S/C40H58N4O6/c1-8-43(9-2)24-15-26-48-37-29-34(47-27-25-44(10-3)11-4)22-23-35(37)41-38(45)36(42-39(46)50-40(5,6)7)28-31-18-20-33(21-19-31)49-30-32-16-13-12-14-17-32/h12-14,16-23,29,36H,8-11,15,24-28,30H2,1-7H3,(H,41,45)(H,42,46)/t36-/m1/s1. The Hall–Kier alpha value is -4.28. The number of rotatable bonds is 21. The highest BCUT2D eigenvalue weighted by atomic mass is 16.6. The van der Waals surface area contributed by atoms with Crippen molar-refractivity contribution in [3.63, 3.8) is 0 Å². The van der Waals surface area contributed by atoms with Gasteiger partial charge in [0.1, 0.15) is 42.1 Å². The summed E-state index contributed by atoms with van der Waals surface area (Å²) in [6.45, 7) is 20.9. The van der Waals surface area contributed by atoms with Gasteiger partial charge >= 0.3 is 6.09 Å². The zero-order valence-corrected chi connectivity index (χ0v) is 31.1. The van der Waals surface area contributed by atoms with E-state index >= 15 is 0 Å². The minimum atomic E-state index is -0.929. The highest BCUT2D eigenvalue weighted by molar-refractivity contribution is 5.98. The second-order valence-electron chi connectivity index (χ2n) is 13.1. The number of alkyl carbamates (subject to hydrolysis) is 1. The van der Waals surface area contributed by atoms with Crippen LogP contribution in [0.3, 0.4) is 0 Å². The number of nitrogens with one attached hydrogen (secondary N) is 2. The molecule has 0 heterocycles. The molecule has 274 valence electrons. The zero-order chi connectivity index (χ0) is 36.4. The van der Waals surface area contributed by atoms with Crippen LogP contribution in [0.5, 0.6) is 17.2 Å². The molecule has 0 saturated carbocycles. The molecular weight excluding hydrogens is 632 g/mol. The molecule has 0 aliphatic heterocycles. The lowest BCUT2D eigenvalue weighted by atomic mass is 10.0. The summed E-state index contributed by atoms with van der Waals surface area (Å²) in [7, 11) is 0. The van der Waals surface area contributed by atoms with Crippen molar-refractivity contribution in [2.45, 2.75) is 79.6 Å². The molecule has 1 atom stereocenters. The molecule has 0 fully saturated rings. The Morgan fingerprint density at radius 2 is 1.36 bits per heavy atom. The Balaban J connectivity index is 1.77. The lowest BCUT2D eigenvalue weighted by molar-refractivity contribution is -0.118. The number of anilines is 1. The lowest BCUT2D eigenvalue weighted by Gasteiger charge is -2.24. The second-order valence-corrected chi connectivity index (χ2v) is 13.1. The van der Waals surface area contributed by atoms with E-state index in [1.54, 1.807) is 26.8 Å². The number of hydrogen-bond donors (Lipinski definition) is 2. The van der Waals surface area contributed by atoms with Crippen molar-refractivity contribution >= 4 is 17.7 Å². The van der Waals surface area contributed by atoms with Gasteiger partial charge in [0.25, 0.3) is 0 Å². The molecule has 10 heteroatoms. The van der Waals surface area contributed by atoms with Crippen molar-refractivity contribution in [2.24, 2.45) is 0 Å². The van der Waals surface area contributed by atoms with Crippen LogP contribution in [0.4, 0.5) is 10.5 Å². The van der Waals surface area contributed by atoms with Crippen LogP contribution >= 0.6 is 0 Å². The van der Waals surface area contributed by atoms with Gasteiger partial charge in [-0.1, -0.05) is 70.2 Å². The Kier molecular flexibility index (Phi) is 16.9. The van der Waals surface area contributed by atoms with E-state index in [9.17, 15) is 9.59 Å². The quantitative estimate of drug-likeness (QED) is 0.114. The summed E-state index contributed by atoms with van der Waals surface area (Å²) in [6.07, 6.45) is 0.386. The number of likely N-dealkylation sites (N-methyl/N-ethyl adjacent to an activating group) is 1. The summed E-state index contributed by atoms with van der Waals surface area (Å²) in [5.74, 6) is 1.48. The molecule has 2 amide bonds. The van der Waals surface area contributed by atoms with E-state index < -0.39 is 23.6 Å². The molecule has 0 unspecified atom stereocenters. The van der Waals surface area contributed by atoms with Crippen LogP contribution in [0.15, 0.2) is 72.8 Å². The van der Waals surface area contributed by atoms with E-state index in [1.807, 2.05) is 66.7 Å². The third-order valence-electron chi connectivity index (χ3n) is 8.17. The predicted octanol–water partition coefficient (Wildman–Crippen LogP) is 7.17. The molecule has 0 spiro atoms. The Morgan fingerprint density at radius 1 is 0.720 bits per heavy atom. The summed E-state index contributed by atoms with van der Waals surface area (Å²) in [6, 6.07) is 22.0. The van der Waals surface area contributed by atoms with Crippen LogP contribution in [-0.4, -0.2) is 85.9 Å². The average Bonchev–Trinajstić information content (AvgIpc) is 3.10. The molecule has 0 aliphatic carbocycles. The van der Waals surface area contributed by atoms with Crippen LogP contribution in [0.25, 0.3) is 0 Å². The minimum absolute atomic E-state index is 0.233. The first-order chi connectivity index (χ1) is 24.0. The maximum atomic E-state index is 13.9. The molecule has 0 aliphatic rings. The minimum Gasteiger partial charge on any atom is -0.492 e. The van der Waals surface area contributed by atoms with Crippen LogP contribution in [0.2, 0.25) is 0 Å². The second kappa shape index (κ2) is 21.1. The summed E-state index contributed by atoms with van der Waals surface area (Å²) in [5.41, 5.74) is 1.69. The van der Waals surface area contributed by atoms with Crippen molar-refractivity contribution in [3.05, 3.63) is 83.9 Å². The summed E-state index contributed by atoms with van der Waals surface area (Å²) in [5, 5.41) is 5.79. The SMILES string of the molecule is CCN(CC)CCCOc1cc(OCCN(CC)CC)ccc1NC(=O)[C@@H](Cc1ccc(OCc2ccccc2)cc1)NC(=O)OC(C)(C)C. The van der Waals surface area contributed by atoms with Crippen molar-refractivity contribution < 1.29 is 28.5 Å². The van der Waals surface area contributed by atoms with Gasteiger partial charge in [-0.25, -0.2) is 4.79 Å². The average molecular weight is 691 g/mol. The topological polar surface area (TPSA) is 102 Å². The highest BCUT2D eigenvalue weighted by Gasteiger charge is 2.26. The van der Waals surface area contributed by atoms with Gasteiger partial charge in [-0.15, -0.1) is 0 Å². The monoisotopic (exact) mass is 690 g/mol. The van der Waals surface area contributed by atoms with Gasteiger partial charge < -0.3 is 39.4 Å². The number of carbonyl (C=O) groups excluding carboxylic acids is 2. The van der Waals surface area contributed by atoms with Gasteiger partial charge in [0.15, 0.2) is 0 Å². The van der Waals surface area contributed by atoms with Gasteiger partial charge in [0.05, 0.1) is 12.3 Å². The molecule has 0 radical (unpaired) electrons. The summed E-state index contributed by atoms with van der Waals surface area (Å²) >= 11 is 0. The van der Waals surface area contributed by atoms with Crippen molar-refractivity contribution in [2.75, 3.05) is 57.8 Å². The smallest absolute Gasteiger partial charge is 0.408 e. The van der Waals surface area contributed by atoms with Crippen LogP contribution in [-0.2, 0) is 22.6 Å². The molecule has 0 bridgehead atoms. The fraction of sp³-hybridized carbons (Fsp3) is 0.500. The summed E-state index contributed by atoms with van der Waals surface area (Å²) < 4.78 is 23.8. The first kappa shape index (κ1) is 40.2. The molecule has 3 aromatic rings. The molecule has 0 aromatic heterocycles. The molecule has 0 saturated heterocycles. The normalized spacial score (nSPS) is 12.0. The molecule has 3 aromatic carbocycles. The van der Waals surface area contributed by atoms with E-state index in [0.29, 0.717) is 42.8 Å². The van der Waals surface area contributed by atoms with E-state index in [1.165, 1.54) is 0 Å². The van der Waals surface area contributed by atoms with Crippen molar-refractivity contribution in [1.82, 2.24) is 15.1 Å². The maximum Gasteiger partial charge on any atom is 0.408 e. The third kappa shape index (κ3) is 14.7. The van der Waals surface area contributed by atoms with Crippen molar-refractivity contribution in [1.29, 1.82) is 0 Å². The number of benzene rings is 3. The van der Waals surface area contributed by atoms with Crippen LogP contribution in [0.1, 0.15) is 66.0 Å². The predicted molar refractivity (Wildman–Crippen MR) is 200 cm³/mol. The first-order valence-corrected chi connectivity index (χ1v) is 17.9. The van der Waals surface area contributed by atoms with E-state index in [-0.39, 0.29) is 6.42 Å². The van der Waals surface area contributed by atoms with Gasteiger partial charge in [-0.2, -0.15) is 0 Å². The third-order valence-corrected chi connectivity index (χ3v) is 8.17. The number of amides is 2. The molecular formula is C40H58N4O6. The first-order valence-electron chi connectivity index (χ1n) is 17.9. The molecule has 3 rings (SSSR count). The summed E-state index contributed by atoms with van der Waals surface area (Å²) in [4.78, 5) is 31.4. The number of carbonyl (C=O) groups is 2. The van der Waals surface area contributed by atoms with Crippen LogP contribution in [0, 0.1) is 0 Å².